The minimum absolute atomic E-state index is 0.0382. The SMILES string of the molecule is CCCOC(=O)C(C(=O)OCCC)[C@@H](CC(=O)c1ccccc1)c1ccc(OC)cc1. The molecular weight excluding hydrogens is 396 g/mol. The fourth-order valence-electron chi connectivity index (χ4n) is 3.23. The molecule has 0 saturated carbocycles. The Morgan fingerprint density at radius 3 is 1.84 bits per heavy atom. The number of esters is 2. The van der Waals surface area contributed by atoms with E-state index in [0.29, 0.717) is 29.7 Å². The highest BCUT2D eigenvalue weighted by Gasteiger charge is 2.39. The van der Waals surface area contributed by atoms with E-state index in [2.05, 4.69) is 0 Å². The number of ketones is 1. The van der Waals surface area contributed by atoms with Crippen molar-refractivity contribution >= 4 is 17.7 Å². The molecule has 6 heteroatoms. The Hall–Kier alpha value is -3.15. The second kappa shape index (κ2) is 12.5. The van der Waals surface area contributed by atoms with Crippen LogP contribution in [0.1, 0.15) is 54.9 Å². The van der Waals surface area contributed by atoms with Gasteiger partial charge < -0.3 is 14.2 Å². The largest absolute Gasteiger partial charge is 0.497 e. The number of benzene rings is 2. The summed E-state index contributed by atoms with van der Waals surface area (Å²) in [7, 11) is 1.55. The van der Waals surface area contributed by atoms with Gasteiger partial charge in [-0.25, -0.2) is 0 Å². The normalized spacial score (nSPS) is 11.6. The Bertz CT molecular complexity index is 824. The van der Waals surface area contributed by atoms with E-state index in [4.69, 9.17) is 14.2 Å². The number of methoxy groups -OCH3 is 1. The van der Waals surface area contributed by atoms with Gasteiger partial charge in [-0.05, 0) is 30.5 Å². The molecule has 0 aliphatic carbocycles. The van der Waals surface area contributed by atoms with Crippen molar-refractivity contribution in [2.24, 2.45) is 5.92 Å². The smallest absolute Gasteiger partial charge is 0.320 e. The van der Waals surface area contributed by atoms with Crippen LogP contribution in [-0.2, 0) is 19.1 Å². The fourth-order valence-corrected chi connectivity index (χ4v) is 3.23. The van der Waals surface area contributed by atoms with Gasteiger partial charge in [-0.3, -0.25) is 14.4 Å². The first kappa shape index (κ1) is 24.1. The third-order valence-corrected chi connectivity index (χ3v) is 4.85. The van der Waals surface area contributed by atoms with Crippen molar-refractivity contribution in [1.82, 2.24) is 0 Å². The predicted molar refractivity (Wildman–Crippen MR) is 117 cm³/mol. The van der Waals surface area contributed by atoms with Gasteiger partial charge in [0.15, 0.2) is 11.7 Å². The lowest BCUT2D eigenvalue weighted by Crippen LogP contribution is -2.35. The van der Waals surface area contributed by atoms with Crippen LogP contribution in [0, 0.1) is 5.92 Å². The molecule has 0 radical (unpaired) electrons. The van der Waals surface area contributed by atoms with Crippen molar-refractivity contribution in [2.45, 2.75) is 39.0 Å². The van der Waals surface area contributed by atoms with Gasteiger partial charge in [0.1, 0.15) is 5.75 Å². The maximum absolute atomic E-state index is 13.0. The summed E-state index contributed by atoms with van der Waals surface area (Å²) < 4.78 is 15.8. The van der Waals surface area contributed by atoms with Crippen molar-refractivity contribution < 1.29 is 28.6 Å². The number of carbonyl (C=O) groups excluding carboxylic acids is 3. The van der Waals surface area contributed by atoms with Crippen LogP contribution in [-0.4, -0.2) is 38.0 Å². The average Bonchev–Trinajstić information content (AvgIpc) is 2.81. The van der Waals surface area contributed by atoms with Crippen LogP contribution >= 0.6 is 0 Å². The maximum Gasteiger partial charge on any atom is 0.320 e. The molecule has 0 bridgehead atoms. The van der Waals surface area contributed by atoms with Crippen molar-refractivity contribution in [3.8, 4) is 5.75 Å². The Kier molecular flexibility index (Phi) is 9.75. The van der Waals surface area contributed by atoms with E-state index in [1.54, 1.807) is 55.6 Å². The van der Waals surface area contributed by atoms with Gasteiger partial charge in [0.2, 0.25) is 0 Å². The second-order valence-electron chi connectivity index (χ2n) is 7.19. The van der Waals surface area contributed by atoms with Gasteiger partial charge in [-0.15, -0.1) is 0 Å². The zero-order valence-electron chi connectivity index (χ0n) is 18.3. The summed E-state index contributed by atoms with van der Waals surface area (Å²) in [6, 6.07) is 15.8. The summed E-state index contributed by atoms with van der Waals surface area (Å²) in [6.45, 7) is 4.13. The summed E-state index contributed by atoms with van der Waals surface area (Å²) in [4.78, 5) is 38.8. The van der Waals surface area contributed by atoms with Crippen molar-refractivity contribution in [2.75, 3.05) is 20.3 Å². The molecule has 0 saturated heterocycles. The second-order valence-corrected chi connectivity index (χ2v) is 7.19. The lowest BCUT2D eigenvalue weighted by atomic mass is 9.81. The topological polar surface area (TPSA) is 78.9 Å². The first-order chi connectivity index (χ1) is 15.0. The van der Waals surface area contributed by atoms with Gasteiger partial charge in [-0.2, -0.15) is 0 Å². The molecule has 0 heterocycles. The highest BCUT2D eigenvalue weighted by molar-refractivity contribution is 6.00. The summed E-state index contributed by atoms with van der Waals surface area (Å²) in [5.74, 6) is -2.85. The number of carbonyl (C=O) groups is 3. The van der Waals surface area contributed by atoms with Crippen LogP contribution in [0.25, 0.3) is 0 Å². The molecular formula is C25H30O6. The van der Waals surface area contributed by atoms with Crippen LogP contribution in [0.15, 0.2) is 54.6 Å². The van der Waals surface area contributed by atoms with Gasteiger partial charge >= 0.3 is 11.9 Å². The van der Waals surface area contributed by atoms with Crippen LogP contribution in [0.5, 0.6) is 5.75 Å². The predicted octanol–water partition coefficient (Wildman–Crippen LogP) is 4.57. The number of ether oxygens (including phenoxy) is 3. The highest BCUT2D eigenvalue weighted by atomic mass is 16.6. The van der Waals surface area contributed by atoms with Crippen LogP contribution in [0.3, 0.4) is 0 Å². The van der Waals surface area contributed by atoms with E-state index in [-0.39, 0.29) is 25.4 Å². The molecule has 2 aromatic carbocycles. The van der Waals surface area contributed by atoms with Gasteiger partial charge in [0.05, 0.1) is 20.3 Å². The molecule has 0 spiro atoms. The molecule has 0 aliphatic heterocycles. The summed E-state index contributed by atoms with van der Waals surface area (Å²) in [6.07, 6.45) is 1.21. The van der Waals surface area contributed by atoms with Gasteiger partial charge in [0, 0.05) is 17.9 Å². The molecule has 0 aromatic heterocycles. The van der Waals surface area contributed by atoms with Crippen molar-refractivity contribution in [3.05, 3.63) is 65.7 Å². The van der Waals surface area contributed by atoms with E-state index >= 15 is 0 Å². The monoisotopic (exact) mass is 426 g/mol. The minimum Gasteiger partial charge on any atom is -0.497 e. The Morgan fingerprint density at radius 2 is 1.35 bits per heavy atom. The van der Waals surface area contributed by atoms with E-state index in [9.17, 15) is 14.4 Å². The molecule has 0 unspecified atom stereocenters. The molecule has 166 valence electrons. The van der Waals surface area contributed by atoms with Crippen molar-refractivity contribution in [3.63, 3.8) is 0 Å². The zero-order valence-corrected chi connectivity index (χ0v) is 18.3. The maximum atomic E-state index is 13.0. The average molecular weight is 427 g/mol. The van der Waals surface area contributed by atoms with Crippen LogP contribution in [0.2, 0.25) is 0 Å². The quantitative estimate of drug-likeness (QED) is 0.281. The van der Waals surface area contributed by atoms with E-state index in [0.717, 1.165) is 0 Å². The zero-order chi connectivity index (χ0) is 22.6. The Morgan fingerprint density at radius 1 is 0.806 bits per heavy atom. The molecule has 2 rings (SSSR count). The molecule has 1 atom stereocenters. The third kappa shape index (κ3) is 6.95. The number of hydrogen-bond acceptors (Lipinski definition) is 6. The number of Topliss-reactive ketones (excluding diaryl/α,β-unsaturated/α-hetero) is 1. The Labute approximate surface area is 183 Å². The first-order valence-electron chi connectivity index (χ1n) is 10.6. The van der Waals surface area contributed by atoms with E-state index < -0.39 is 23.8 Å². The fraction of sp³-hybridized carbons (Fsp3) is 0.400. The summed E-state index contributed by atoms with van der Waals surface area (Å²) in [5, 5.41) is 0. The molecule has 6 nitrogen and oxygen atoms in total. The van der Waals surface area contributed by atoms with Crippen molar-refractivity contribution in [1.29, 1.82) is 0 Å². The highest BCUT2D eigenvalue weighted by Crippen LogP contribution is 2.33. The molecule has 0 aliphatic rings. The van der Waals surface area contributed by atoms with Gasteiger partial charge in [-0.1, -0.05) is 56.3 Å². The molecule has 0 amide bonds. The standard InChI is InChI=1S/C25H30O6/c1-4-15-30-24(27)23(25(28)31-16-5-2)21(18-11-13-20(29-3)14-12-18)17-22(26)19-9-7-6-8-10-19/h6-14,21,23H,4-5,15-17H2,1-3H3/t21-/m0/s1. The molecule has 0 fully saturated rings. The summed E-state index contributed by atoms with van der Waals surface area (Å²) in [5.41, 5.74) is 1.18. The van der Waals surface area contributed by atoms with Gasteiger partial charge in [0.25, 0.3) is 0 Å². The summed E-state index contributed by atoms with van der Waals surface area (Å²) >= 11 is 0. The van der Waals surface area contributed by atoms with E-state index in [1.807, 2.05) is 19.9 Å². The Balaban J connectivity index is 2.43. The number of hydrogen-bond donors (Lipinski definition) is 0. The minimum atomic E-state index is -1.24. The molecule has 2 aromatic rings. The number of rotatable bonds is 12. The van der Waals surface area contributed by atoms with Crippen LogP contribution in [0.4, 0.5) is 0 Å². The van der Waals surface area contributed by atoms with E-state index in [1.165, 1.54) is 0 Å². The van der Waals surface area contributed by atoms with Crippen LogP contribution < -0.4 is 4.74 Å². The molecule has 31 heavy (non-hydrogen) atoms. The third-order valence-electron chi connectivity index (χ3n) is 4.85. The lowest BCUT2D eigenvalue weighted by molar-refractivity contribution is -0.163. The lowest BCUT2D eigenvalue weighted by Gasteiger charge is -2.25. The first-order valence-corrected chi connectivity index (χ1v) is 10.6. The molecule has 0 N–H and O–H groups in total.